The van der Waals surface area contributed by atoms with Gasteiger partial charge in [-0.15, -0.1) is 11.3 Å². The van der Waals surface area contributed by atoms with Gasteiger partial charge in [-0.1, -0.05) is 37.3 Å². The number of hydrogen-bond donors (Lipinski definition) is 1. The van der Waals surface area contributed by atoms with E-state index in [4.69, 9.17) is 4.74 Å². The molecular formula is C20H27N3O2S. The number of anilines is 1. The number of carbonyl (C=O) groups excluding carboxylic acids is 1. The predicted octanol–water partition coefficient (Wildman–Crippen LogP) is 3.92. The Labute approximate surface area is 159 Å². The van der Waals surface area contributed by atoms with Crippen LogP contribution in [0.3, 0.4) is 0 Å². The molecule has 1 aliphatic rings. The maximum atomic E-state index is 12.0. The van der Waals surface area contributed by atoms with Crippen LogP contribution in [0.2, 0.25) is 0 Å². The van der Waals surface area contributed by atoms with Gasteiger partial charge < -0.3 is 10.1 Å². The molecule has 2 aromatic rings. The number of likely N-dealkylation sites (tertiary alicyclic amines) is 1. The lowest BCUT2D eigenvalue weighted by molar-refractivity contribution is -0.117. The highest BCUT2D eigenvalue weighted by Gasteiger charge is 2.17. The predicted molar refractivity (Wildman–Crippen MR) is 105 cm³/mol. The molecule has 0 spiro atoms. The smallest absolute Gasteiger partial charge is 0.228 e. The number of ether oxygens (including phenoxy) is 1. The third kappa shape index (κ3) is 6.20. The summed E-state index contributed by atoms with van der Waals surface area (Å²) in [5, 5.41) is 5.60. The monoisotopic (exact) mass is 373 g/mol. The Balaban J connectivity index is 1.35. The van der Waals surface area contributed by atoms with Gasteiger partial charge in [0.25, 0.3) is 0 Å². The van der Waals surface area contributed by atoms with Crippen LogP contribution < -0.4 is 5.32 Å². The summed E-state index contributed by atoms with van der Waals surface area (Å²) in [6, 6.07) is 9.97. The summed E-state index contributed by atoms with van der Waals surface area (Å²) in [4.78, 5) is 19.0. The van der Waals surface area contributed by atoms with Crippen molar-refractivity contribution in [3.05, 3.63) is 47.0 Å². The van der Waals surface area contributed by atoms with Crippen LogP contribution in [0.1, 0.15) is 37.4 Å². The summed E-state index contributed by atoms with van der Waals surface area (Å²) in [6.45, 7) is 6.41. The number of nitrogens with zero attached hydrogens (tertiary/aromatic N) is 2. The summed E-state index contributed by atoms with van der Waals surface area (Å²) in [5.41, 5.74) is 2.16. The van der Waals surface area contributed by atoms with Crippen molar-refractivity contribution in [2.75, 3.05) is 25.0 Å². The normalized spacial score (nSPS) is 15.9. The summed E-state index contributed by atoms with van der Waals surface area (Å²) >= 11 is 1.49. The summed E-state index contributed by atoms with van der Waals surface area (Å²) in [5.74, 6) is 0.784. The first-order valence-corrected chi connectivity index (χ1v) is 10.2. The van der Waals surface area contributed by atoms with Crippen molar-refractivity contribution in [2.45, 2.75) is 39.3 Å². The molecule has 0 radical (unpaired) electrons. The molecule has 0 aliphatic carbocycles. The van der Waals surface area contributed by atoms with Gasteiger partial charge in [0, 0.05) is 11.9 Å². The standard InChI is InChI=1S/C20H27N3O2S/c1-16-7-10-23(11-8-16)13-18-15-26-20(21-18)22-19(24)9-12-25-14-17-5-3-2-4-6-17/h2-6,15-16H,7-14H2,1H3,(H,21,22,24). The Hall–Kier alpha value is -1.76. The summed E-state index contributed by atoms with van der Waals surface area (Å²) in [7, 11) is 0. The van der Waals surface area contributed by atoms with Crippen LogP contribution in [-0.4, -0.2) is 35.5 Å². The van der Waals surface area contributed by atoms with Gasteiger partial charge in [0.05, 0.1) is 25.3 Å². The zero-order valence-corrected chi connectivity index (χ0v) is 16.1. The number of piperidine rings is 1. The Morgan fingerprint density at radius 1 is 1.31 bits per heavy atom. The lowest BCUT2D eigenvalue weighted by atomic mass is 9.99. The van der Waals surface area contributed by atoms with Crippen molar-refractivity contribution >= 4 is 22.4 Å². The minimum atomic E-state index is -0.0502. The van der Waals surface area contributed by atoms with Crippen molar-refractivity contribution in [3.63, 3.8) is 0 Å². The van der Waals surface area contributed by atoms with E-state index in [1.807, 2.05) is 35.7 Å². The fraction of sp³-hybridized carbons (Fsp3) is 0.500. The van der Waals surface area contributed by atoms with Crippen LogP contribution in [0.25, 0.3) is 0 Å². The van der Waals surface area contributed by atoms with E-state index in [1.165, 1.54) is 24.2 Å². The fourth-order valence-electron chi connectivity index (χ4n) is 3.00. The van der Waals surface area contributed by atoms with E-state index in [9.17, 15) is 4.79 Å². The van der Waals surface area contributed by atoms with E-state index in [-0.39, 0.29) is 5.91 Å². The molecule has 1 aliphatic heterocycles. The minimum Gasteiger partial charge on any atom is -0.376 e. The maximum absolute atomic E-state index is 12.0. The molecule has 0 bridgehead atoms. The summed E-state index contributed by atoms with van der Waals surface area (Å²) in [6.07, 6.45) is 2.86. The minimum absolute atomic E-state index is 0.0502. The van der Waals surface area contributed by atoms with Crippen LogP contribution in [0.15, 0.2) is 35.7 Å². The molecule has 6 heteroatoms. The van der Waals surface area contributed by atoms with E-state index >= 15 is 0 Å². The number of thiazole rings is 1. The third-order valence-corrected chi connectivity index (χ3v) is 5.45. The fourth-order valence-corrected chi connectivity index (χ4v) is 3.71. The van der Waals surface area contributed by atoms with E-state index in [2.05, 4.69) is 22.1 Å². The molecule has 1 aromatic heterocycles. The van der Waals surface area contributed by atoms with E-state index < -0.39 is 0 Å². The van der Waals surface area contributed by atoms with Gasteiger partial charge in [-0.25, -0.2) is 4.98 Å². The SMILES string of the molecule is CC1CCN(Cc2csc(NC(=O)CCOCc3ccccc3)n2)CC1. The number of nitrogens with one attached hydrogen (secondary N) is 1. The van der Waals surface area contributed by atoms with E-state index in [0.29, 0.717) is 24.8 Å². The van der Waals surface area contributed by atoms with Gasteiger partial charge in [0.1, 0.15) is 0 Å². The second-order valence-electron chi connectivity index (χ2n) is 6.94. The number of amides is 1. The largest absolute Gasteiger partial charge is 0.376 e. The topological polar surface area (TPSA) is 54.5 Å². The van der Waals surface area contributed by atoms with Gasteiger partial charge in [-0.2, -0.15) is 0 Å². The molecule has 0 unspecified atom stereocenters. The van der Waals surface area contributed by atoms with Gasteiger partial charge in [-0.3, -0.25) is 9.69 Å². The lowest BCUT2D eigenvalue weighted by Gasteiger charge is -2.29. The van der Waals surface area contributed by atoms with E-state index in [1.54, 1.807) is 0 Å². The van der Waals surface area contributed by atoms with Crippen molar-refractivity contribution < 1.29 is 9.53 Å². The molecule has 1 N–H and O–H groups in total. The molecule has 1 aromatic carbocycles. The highest BCUT2D eigenvalue weighted by molar-refractivity contribution is 7.13. The summed E-state index contributed by atoms with van der Waals surface area (Å²) < 4.78 is 5.56. The van der Waals surface area contributed by atoms with Gasteiger partial charge >= 0.3 is 0 Å². The molecule has 0 atom stereocenters. The quantitative estimate of drug-likeness (QED) is 0.713. The Bertz CT molecular complexity index is 681. The lowest BCUT2D eigenvalue weighted by Crippen LogP contribution is -2.32. The number of hydrogen-bond acceptors (Lipinski definition) is 5. The zero-order chi connectivity index (χ0) is 18.2. The Morgan fingerprint density at radius 3 is 2.85 bits per heavy atom. The second kappa shape index (κ2) is 9.80. The van der Waals surface area contributed by atoms with Crippen LogP contribution in [0.4, 0.5) is 5.13 Å². The highest BCUT2D eigenvalue weighted by Crippen LogP contribution is 2.21. The van der Waals surface area contributed by atoms with Crippen molar-refractivity contribution in [3.8, 4) is 0 Å². The highest BCUT2D eigenvalue weighted by atomic mass is 32.1. The van der Waals surface area contributed by atoms with Gasteiger partial charge in [0.15, 0.2) is 5.13 Å². The van der Waals surface area contributed by atoms with Crippen LogP contribution in [0, 0.1) is 5.92 Å². The molecule has 0 saturated carbocycles. The molecule has 140 valence electrons. The Kier molecular flexibility index (Phi) is 7.17. The molecular weight excluding hydrogens is 346 g/mol. The first-order valence-electron chi connectivity index (χ1n) is 9.27. The molecule has 3 rings (SSSR count). The van der Waals surface area contributed by atoms with Crippen LogP contribution in [-0.2, 0) is 22.7 Å². The molecule has 5 nitrogen and oxygen atoms in total. The molecule has 1 saturated heterocycles. The Morgan fingerprint density at radius 2 is 2.08 bits per heavy atom. The van der Waals surface area contributed by atoms with E-state index in [0.717, 1.165) is 36.8 Å². The van der Waals surface area contributed by atoms with Crippen molar-refractivity contribution in [2.24, 2.45) is 5.92 Å². The third-order valence-electron chi connectivity index (χ3n) is 4.64. The molecule has 1 amide bonds. The maximum Gasteiger partial charge on any atom is 0.228 e. The second-order valence-corrected chi connectivity index (χ2v) is 7.80. The number of carbonyl (C=O) groups is 1. The zero-order valence-electron chi connectivity index (χ0n) is 15.3. The average molecular weight is 374 g/mol. The molecule has 1 fully saturated rings. The molecule has 2 heterocycles. The number of benzene rings is 1. The van der Waals surface area contributed by atoms with Crippen LogP contribution >= 0.6 is 11.3 Å². The first kappa shape index (κ1) is 19.0. The first-order chi connectivity index (χ1) is 12.7. The van der Waals surface area contributed by atoms with Crippen LogP contribution in [0.5, 0.6) is 0 Å². The van der Waals surface area contributed by atoms with Gasteiger partial charge in [0.2, 0.25) is 5.91 Å². The molecule has 26 heavy (non-hydrogen) atoms. The van der Waals surface area contributed by atoms with Crippen molar-refractivity contribution in [1.29, 1.82) is 0 Å². The number of aromatic nitrogens is 1. The van der Waals surface area contributed by atoms with Gasteiger partial charge in [-0.05, 0) is 37.4 Å². The number of rotatable bonds is 8. The van der Waals surface area contributed by atoms with Crippen molar-refractivity contribution in [1.82, 2.24) is 9.88 Å². The average Bonchev–Trinajstić information content (AvgIpc) is 3.08.